The molecule has 2 fully saturated rings. The van der Waals surface area contributed by atoms with Crippen LogP contribution in [0.3, 0.4) is 0 Å². The van der Waals surface area contributed by atoms with Crippen LogP contribution in [0.25, 0.3) is 0 Å². The minimum atomic E-state index is -0.967. The molecule has 0 aromatic rings. The molecule has 0 aliphatic carbocycles. The third-order valence-corrected chi connectivity index (χ3v) is 4.60. The van der Waals surface area contributed by atoms with Crippen molar-refractivity contribution >= 4 is 11.9 Å². The van der Waals surface area contributed by atoms with E-state index in [-0.39, 0.29) is 11.9 Å². The van der Waals surface area contributed by atoms with Crippen LogP contribution >= 0.6 is 0 Å². The number of nitrogens with zero attached hydrogens (tertiary/aromatic N) is 1. The summed E-state index contributed by atoms with van der Waals surface area (Å²) in [5, 5.41) is 12.8. The SMILES string of the molecule is CCC1(C(=O)O)CCCN1C(=O)C1CCCCCN1. The molecular formula is C14H24N2O3. The summed E-state index contributed by atoms with van der Waals surface area (Å²) >= 11 is 0. The predicted octanol–water partition coefficient (Wildman–Crippen LogP) is 1.37. The molecule has 0 radical (unpaired) electrons. The molecule has 108 valence electrons. The van der Waals surface area contributed by atoms with Crippen LogP contribution in [-0.2, 0) is 9.59 Å². The van der Waals surface area contributed by atoms with Crippen molar-refractivity contribution in [2.45, 2.75) is 63.5 Å². The summed E-state index contributed by atoms with van der Waals surface area (Å²) in [7, 11) is 0. The Bertz CT molecular complexity index is 351. The van der Waals surface area contributed by atoms with Crippen molar-refractivity contribution in [1.29, 1.82) is 0 Å². The molecular weight excluding hydrogens is 244 g/mol. The lowest BCUT2D eigenvalue weighted by Gasteiger charge is -2.36. The average Bonchev–Trinajstić information content (AvgIpc) is 2.66. The molecule has 2 N–H and O–H groups in total. The first-order valence-corrected chi connectivity index (χ1v) is 7.40. The number of rotatable bonds is 3. The van der Waals surface area contributed by atoms with Crippen molar-refractivity contribution < 1.29 is 14.7 Å². The highest BCUT2D eigenvalue weighted by molar-refractivity contribution is 5.90. The van der Waals surface area contributed by atoms with Crippen LogP contribution in [0.1, 0.15) is 51.9 Å². The highest BCUT2D eigenvalue weighted by Crippen LogP contribution is 2.33. The Morgan fingerprint density at radius 3 is 2.79 bits per heavy atom. The zero-order chi connectivity index (χ0) is 13.9. The lowest BCUT2D eigenvalue weighted by atomic mass is 9.92. The van der Waals surface area contributed by atoms with Crippen LogP contribution in [0.4, 0.5) is 0 Å². The minimum Gasteiger partial charge on any atom is -0.479 e. The molecule has 2 aliphatic heterocycles. The third-order valence-electron chi connectivity index (χ3n) is 4.60. The molecule has 1 amide bonds. The number of hydrogen-bond donors (Lipinski definition) is 2. The standard InChI is InChI=1S/C14H24N2O3/c1-2-14(13(18)19)8-6-10-16(14)12(17)11-7-4-3-5-9-15-11/h11,15H,2-10H2,1H3,(H,18,19). The van der Waals surface area contributed by atoms with Crippen LogP contribution in [0.15, 0.2) is 0 Å². The van der Waals surface area contributed by atoms with Gasteiger partial charge >= 0.3 is 5.97 Å². The van der Waals surface area contributed by atoms with Crippen molar-refractivity contribution in [3.63, 3.8) is 0 Å². The fraction of sp³-hybridized carbons (Fsp3) is 0.857. The van der Waals surface area contributed by atoms with E-state index in [1.165, 1.54) is 0 Å². The maximum atomic E-state index is 12.6. The van der Waals surface area contributed by atoms with Crippen LogP contribution in [-0.4, -0.2) is 46.6 Å². The first-order valence-electron chi connectivity index (χ1n) is 7.40. The number of likely N-dealkylation sites (tertiary alicyclic amines) is 1. The highest BCUT2D eigenvalue weighted by atomic mass is 16.4. The van der Waals surface area contributed by atoms with E-state index in [2.05, 4.69) is 5.32 Å². The van der Waals surface area contributed by atoms with Crippen LogP contribution in [0, 0.1) is 0 Å². The summed E-state index contributed by atoms with van der Waals surface area (Å²) in [6.45, 7) is 3.30. The van der Waals surface area contributed by atoms with Crippen molar-refractivity contribution in [1.82, 2.24) is 10.2 Å². The summed E-state index contributed by atoms with van der Waals surface area (Å²) in [5.41, 5.74) is -0.967. The van der Waals surface area contributed by atoms with E-state index in [1.54, 1.807) is 4.90 Å². The maximum absolute atomic E-state index is 12.6. The highest BCUT2D eigenvalue weighted by Gasteiger charge is 2.49. The number of amides is 1. The number of carboxylic acids is 1. The Kier molecular flexibility index (Phi) is 4.45. The lowest BCUT2D eigenvalue weighted by molar-refractivity contribution is -0.157. The number of nitrogens with one attached hydrogen (secondary N) is 1. The molecule has 2 rings (SSSR count). The monoisotopic (exact) mass is 268 g/mol. The zero-order valence-electron chi connectivity index (χ0n) is 11.7. The van der Waals surface area contributed by atoms with Gasteiger partial charge in [-0.3, -0.25) is 4.79 Å². The van der Waals surface area contributed by atoms with Gasteiger partial charge in [0.2, 0.25) is 5.91 Å². The number of aliphatic carboxylic acids is 1. The van der Waals surface area contributed by atoms with Gasteiger partial charge in [0.05, 0.1) is 6.04 Å². The second kappa shape index (κ2) is 5.90. The largest absolute Gasteiger partial charge is 0.479 e. The second-order valence-corrected chi connectivity index (χ2v) is 5.64. The van der Waals surface area contributed by atoms with Crippen molar-refractivity contribution in [2.75, 3.05) is 13.1 Å². The number of carbonyl (C=O) groups excluding carboxylic acids is 1. The van der Waals surface area contributed by atoms with Gasteiger partial charge < -0.3 is 15.3 Å². The van der Waals surface area contributed by atoms with Crippen LogP contribution in [0.2, 0.25) is 0 Å². The summed E-state index contributed by atoms with van der Waals surface area (Å²) in [5.74, 6) is -0.863. The van der Waals surface area contributed by atoms with Gasteiger partial charge in [-0.15, -0.1) is 0 Å². The smallest absolute Gasteiger partial charge is 0.329 e. The first kappa shape index (κ1) is 14.3. The van der Waals surface area contributed by atoms with E-state index in [0.29, 0.717) is 19.4 Å². The number of carboxylic acid groups (broad SMARTS) is 1. The Morgan fingerprint density at radius 2 is 2.11 bits per heavy atom. The fourth-order valence-corrected chi connectivity index (χ4v) is 3.37. The number of carbonyl (C=O) groups is 2. The Morgan fingerprint density at radius 1 is 1.32 bits per heavy atom. The Hall–Kier alpha value is -1.10. The summed E-state index contributed by atoms with van der Waals surface area (Å²) in [4.78, 5) is 25.9. The normalized spacial score (nSPS) is 32.1. The average molecular weight is 268 g/mol. The zero-order valence-corrected chi connectivity index (χ0v) is 11.7. The van der Waals surface area contributed by atoms with Gasteiger partial charge in [0, 0.05) is 6.54 Å². The lowest BCUT2D eigenvalue weighted by Crippen LogP contribution is -2.57. The van der Waals surface area contributed by atoms with E-state index in [4.69, 9.17) is 0 Å². The van der Waals surface area contributed by atoms with E-state index in [0.717, 1.165) is 38.6 Å². The second-order valence-electron chi connectivity index (χ2n) is 5.64. The van der Waals surface area contributed by atoms with Gasteiger partial charge in [-0.1, -0.05) is 19.8 Å². The van der Waals surface area contributed by atoms with Crippen LogP contribution < -0.4 is 5.32 Å². The van der Waals surface area contributed by atoms with Gasteiger partial charge in [0.25, 0.3) is 0 Å². The van der Waals surface area contributed by atoms with E-state index >= 15 is 0 Å². The van der Waals surface area contributed by atoms with Crippen molar-refractivity contribution in [2.24, 2.45) is 0 Å². The molecule has 19 heavy (non-hydrogen) atoms. The molecule has 5 nitrogen and oxygen atoms in total. The van der Waals surface area contributed by atoms with Crippen molar-refractivity contribution in [3.05, 3.63) is 0 Å². The van der Waals surface area contributed by atoms with Crippen molar-refractivity contribution in [3.8, 4) is 0 Å². The Labute approximate surface area is 114 Å². The van der Waals surface area contributed by atoms with E-state index in [1.807, 2.05) is 6.92 Å². The first-order chi connectivity index (χ1) is 9.12. The molecule has 0 spiro atoms. The van der Waals surface area contributed by atoms with Gasteiger partial charge in [0.1, 0.15) is 5.54 Å². The quantitative estimate of drug-likeness (QED) is 0.811. The predicted molar refractivity (Wildman–Crippen MR) is 71.9 cm³/mol. The summed E-state index contributed by atoms with van der Waals surface area (Å²) < 4.78 is 0. The summed E-state index contributed by atoms with van der Waals surface area (Å²) in [6.07, 6.45) is 5.98. The molecule has 2 heterocycles. The van der Waals surface area contributed by atoms with Gasteiger partial charge in [-0.25, -0.2) is 4.79 Å². The molecule has 0 aromatic heterocycles. The topological polar surface area (TPSA) is 69.6 Å². The van der Waals surface area contributed by atoms with Gasteiger partial charge in [-0.2, -0.15) is 0 Å². The molecule has 2 unspecified atom stereocenters. The Balaban J connectivity index is 2.14. The van der Waals surface area contributed by atoms with Crippen LogP contribution in [0.5, 0.6) is 0 Å². The van der Waals surface area contributed by atoms with E-state index in [9.17, 15) is 14.7 Å². The molecule has 0 aromatic carbocycles. The molecule has 0 saturated carbocycles. The molecule has 2 atom stereocenters. The molecule has 2 saturated heterocycles. The fourth-order valence-electron chi connectivity index (χ4n) is 3.37. The van der Waals surface area contributed by atoms with Gasteiger partial charge in [0.15, 0.2) is 0 Å². The maximum Gasteiger partial charge on any atom is 0.329 e. The third kappa shape index (κ3) is 2.61. The number of hydrogen-bond acceptors (Lipinski definition) is 3. The van der Waals surface area contributed by atoms with E-state index < -0.39 is 11.5 Å². The minimum absolute atomic E-state index is 0.0105. The molecule has 2 aliphatic rings. The van der Waals surface area contributed by atoms with Gasteiger partial charge in [-0.05, 0) is 38.6 Å². The molecule has 0 bridgehead atoms. The summed E-state index contributed by atoms with van der Waals surface area (Å²) in [6, 6.07) is -0.189. The molecule has 5 heteroatoms.